The van der Waals surface area contributed by atoms with Crippen molar-refractivity contribution in [2.24, 2.45) is 0 Å². The quantitative estimate of drug-likeness (QED) is 0.761. The maximum Gasteiger partial charge on any atom is 0.251 e. The molecule has 0 bridgehead atoms. The van der Waals surface area contributed by atoms with Crippen molar-refractivity contribution in [1.29, 1.82) is 0 Å². The third-order valence-corrected chi connectivity index (χ3v) is 4.86. The van der Waals surface area contributed by atoms with Crippen LogP contribution in [0.1, 0.15) is 35.0 Å². The summed E-state index contributed by atoms with van der Waals surface area (Å²) in [5, 5.41) is 4.49. The minimum atomic E-state index is -0.0207. The van der Waals surface area contributed by atoms with Crippen LogP contribution in [0.3, 0.4) is 0 Å². The molecule has 2 aromatic carbocycles. The third kappa shape index (κ3) is 3.12. The molecule has 0 radical (unpaired) electrons. The molecule has 0 fully saturated rings. The Bertz CT molecular complexity index is 896. The summed E-state index contributed by atoms with van der Waals surface area (Å²) in [5.41, 5.74) is 4.52. The van der Waals surface area contributed by atoms with E-state index in [1.54, 1.807) is 0 Å². The summed E-state index contributed by atoms with van der Waals surface area (Å²) < 4.78 is 5.42. The number of hydrogen-bond donors (Lipinski definition) is 2. The van der Waals surface area contributed by atoms with Crippen LogP contribution in [-0.2, 0) is 12.8 Å². The molecular formula is C21H22N2O2. The van der Waals surface area contributed by atoms with E-state index in [9.17, 15) is 4.79 Å². The van der Waals surface area contributed by atoms with E-state index in [0.717, 1.165) is 25.0 Å². The number of para-hydroxylation sites is 1. The van der Waals surface area contributed by atoms with E-state index in [0.29, 0.717) is 12.2 Å². The Labute approximate surface area is 147 Å². The van der Waals surface area contributed by atoms with Gasteiger partial charge in [0, 0.05) is 34.6 Å². The van der Waals surface area contributed by atoms with E-state index < -0.39 is 0 Å². The van der Waals surface area contributed by atoms with Gasteiger partial charge in [0.1, 0.15) is 5.75 Å². The second kappa shape index (κ2) is 6.63. The average molecular weight is 334 g/mol. The van der Waals surface area contributed by atoms with E-state index >= 15 is 0 Å². The minimum Gasteiger partial charge on any atom is -0.494 e. The first-order chi connectivity index (χ1) is 12.2. The normalized spacial score (nSPS) is 16.4. The predicted octanol–water partition coefficient (Wildman–Crippen LogP) is 3.85. The number of rotatable bonds is 4. The number of carbonyl (C=O) groups excluding carboxylic acids is 1. The van der Waals surface area contributed by atoms with Crippen LogP contribution in [0.25, 0.3) is 10.9 Å². The Morgan fingerprint density at radius 2 is 2.00 bits per heavy atom. The molecule has 128 valence electrons. The van der Waals surface area contributed by atoms with Gasteiger partial charge in [-0.2, -0.15) is 0 Å². The lowest BCUT2D eigenvalue weighted by molar-refractivity contribution is 0.0933. The van der Waals surface area contributed by atoms with Gasteiger partial charge in [0.05, 0.1) is 6.61 Å². The number of nitrogens with one attached hydrogen (secondary N) is 2. The smallest absolute Gasteiger partial charge is 0.251 e. The van der Waals surface area contributed by atoms with E-state index in [4.69, 9.17) is 4.74 Å². The van der Waals surface area contributed by atoms with Gasteiger partial charge in [0.25, 0.3) is 5.91 Å². The molecule has 1 heterocycles. The van der Waals surface area contributed by atoms with E-state index in [1.165, 1.54) is 22.2 Å². The molecule has 4 nitrogen and oxygen atoms in total. The fraction of sp³-hybridized carbons (Fsp3) is 0.286. The van der Waals surface area contributed by atoms with Crippen LogP contribution in [0.5, 0.6) is 5.75 Å². The molecule has 4 rings (SSSR count). The topological polar surface area (TPSA) is 54.1 Å². The molecule has 1 atom stereocenters. The van der Waals surface area contributed by atoms with E-state index in [1.807, 2.05) is 31.2 Å². The van der Waals surface area contributed by atoms with Crippen LogP contribution in [0.2, 0.25) is 0 Å². The molecule has 0 aliphatic heterocycles. The number of amides is 1. The summed E-state index contributed by atoms with van der Waals surface area (Å²) >= 11 is 0. The van der Waals surface area contributed by atoms with Crippen molar-refractivity contribution >= 4 is 16.8 Å². The highest BCUT2D eigenvalue weighted by atomic mass is 16.5. The number of carbonyl (C=O) groups is 1. The second-order valence-electron chi connectivity index (χ2n) is 6.50. The zero-order valence-electron chi connectivity index (χ0n) is 14.3. The number of aryl methyl sites for hydroxylation is 1. The van der Waals surface area contributed by atoms with Crippen molar-refractivity contribution in [2.75, 3.05) is 6.61 Å². The Balaban J connectivity index is 1.46. The predicted molar refractivity (Wildman–Crippen MR) is 99.2 cm³/mol. The summed E-state index contributed by atoms with van der Waals surface area (Å²) in [6, 6.07) is 15.9. The summed E-state index contributed by atoms with van der Waals surface area (Å²) in [5.74, 6) is 0.770. The number of aromatic nitrogens is 1. The molecule has 0 saturated carbocycles. The number of benzene rings is 2. The van der Waals surface area contributed by atoms with Crippen LogP contribution in [0.4, 0.5) is 0 Å². The second-order valence-corrected chi connectivity index (χ2v) is 6.50. The molecule has 0 saturated heterocycles. The van der Waals surface area contributed by atoms with Crippen molar-refractivity contribution in [3.63, 3.8) is 0 Å². The molecule has 25 heavy (non-hydrogen) atoms. The highest BCUT2D eigenvalue weighted by molar-refractivity contribution is 5.94. The van der Waals surface area contributed by atoms with Gasteiger partial charge in [0.15, 0.2) is 0 Å². The van der Waals surface area contributed by atoms with Gasteiger partial charge in [-0.1, -0.05) is 18.2 Å². The molecule has 0 spiro atoms. The Morgan fingerprint density at radius 1 is 1.20 bits per heavy atom. The van der Waals surface area contributed by atoms with Crippen LogP contribution >= 0.6 is 0 Å². The SMILES string of the molecule is CCOc1ccc(C(=O)NC2CCc3c([nH]c4ccccc34)C2)cc1. The van der Waals surface area contributed by atoms with Crippen LogP contribution < -0.4 is 10.1 Å². The maximum atomic E-state index is 12.5. The van der Waals surface area contributed by atoms with Crippen molar-refractivity contribution in [2.45, 2.75) is 32.2 Å². The van der Waals surface area contributed by atoms with Crippen molar-refractivity contribution in [3.05, 3.63) is 65.4 Å². The van der Waals surface area contributed by atoms with Gasteiger partial charge in [-0.3, -0.25) is 4.79 Å². The maximum absolute atomic E-state index is 12.5. The Morgan fingerprint density at radius 3 is 2.80 bits per heavy atom. The van der Waals surface area contributed by atoms with Crippen molar-refractivity contribution in [1.82, 2.24) is 10.3 Å². The number of ether oxygens (including phenoxy) is 1. The molecular weight excluding hydrogens is 312 g/mol. The minimum absolute atomic E-state index is 0.0207. The molecule has 4 heteroatoms. The van der Waals surface area contributed by atoms with Crippen LogP contribution in [0.15, 0.2) is 48.5 Å². The Hall–Kier alpha value is -2.75. The first-order valence-electron chi connectivity index (χ1n) is 8.87. The summed E-state index contributed by atoms with van der Waals surface area (Å²) in [7, 11) is 0. The van der Waals surface area contributed by atoms with E-state index in [2.05, 4.69) is 34.6 Å². The molecule has 2 N–H and O–H groups in total. The molecule has 1 aliphatic rings. The van der Waals surface area contributed by atoms with Crippen molar-refractivity contribution in [3.8, 4) is 5.75 Å². The molecule has 1 aliphatic carbocycles. The lowest BCUT2D eigenvalue weighted by atomic mass is 9.91. The van der Waals surface area contributed by atoms with Gasteiger partial charge >= 0.3 is 0 Å². The van der Waals surface area contributed by atoms with Gasteiger partial charge in [-0.25, -0.2) is 0 Å². The largest absolute Gasteiger partial charge is 0.494 e. The standard InChI is InChI=1S/C21H22N2O2/c1-2-25-16-10-7-14(8-11-16)21(24)22-15-9-12-18-17-5-3-4-6-19(17)23-20(18)13-15/h3-8,10-11,15,23H,2,9,12-13H2,1H3,(H,22,24). The first-order valence-corrected chi connectivity index (χ1v) is 8.87. The van der Waals surface area contributed by atoms with E-state index in [-0.39, 0.29) is 11.9 Å². The third-order valence-electron chi connectivity index (χ3n) is 4.86. The van der Waals surface area contributed by atoms with Gasteiger partial charge in [-0.05, 0) is 55.7 Å². The number of hydrogen-bond acceptors (Lipinski definition) is 2. The van der Waals surface area contributed by atoms with Gasteiger partial charge in [-0.15, -0.1) is 0 Å². The molecule has 1 unspecified atom stereocenters. The fourth-order valence-electron chi connectivity index (χ4n) is 3.64. The highest BCUT2D eigenvalue weighted by Crippen LogP contribution is 2.29. The van der Waals surface area contributed by atoms with Crippen LogP contribution in [-0.4, -0.2) is 23.5 Å². The molecule has 1 amide bonds. The zero-order valence-corrected chi connectivity index (χ0v) is 14.3. The Kier molecular flexibility index (Phi) is 4.18. The fourth-order valence-corrected chi connectivity index (χ4v) is 3.64. The number of fused-ring (bicyclic) bond motifs is 3. The van der Waals surface area contributed by atoms with Crippen LogP contribution in [0, 0.1) is 0 Å². The highest BCUT2D eigenvalue weighted by Gasteiger charge is 2.23. The number of H-pyrrole nitrogens is 1. The lowest BCUT2D eigenvalue weighted by Crippen LogP contribution is -2.38. The number of aromatic amines is 1. The zero-order chi connectivity index (χ0) is 17.2. The van der Waals surface area contributed by atoms with Crippen molar-refractivity contribution < 1.29 is 9.53 Å². The average Bonchev–Trinajstić information content (AvgIpc) is 3.00. The summed E-state index contributed by atoms with van der Waals surface area (Å²) in [6.07, 6.45) is 2.82. The lowest BCUT2D eigenvalue weighted by Gasteiger charge is -2.23. The van der Waals surface area contributed by atoms with Gasteiger partial charge in [0.2, 0.25) is 0 Å². The molecule has 1 aromatic heterocycles. The monoisotopic (exact) mass is 334 g/mol. The summed E-state index contributed by atoms with van der Waals surface area (Å²) in [4.78, 5) is 16.0. The summed E-state index contributed by atoms with van der Waals surface area (Å²) in [6.45, 7) is 2.57. The first kappa shape index (κ1) is 15.8. The van der Waals surface area contributed by atoms with Gasteiger partial charge < -0.3 is 15.0 Å². The molecule has 3 aromatic rings.